The quantitative estimate of drug-likeness (QED) is 0.673. The first-order valence-corrected chi connectivity index (χ1v) is 11.5. The molecule has 0 atom stereocenters. The Balaban J connectivity index is 1.58. The largest absolute Gasteiger partial charge is 0.451 e. The Kier molecular flexibility index (Phi) is 5.62. The van der Waals surface area contributed by atoms with Gasteiger partial charge in [-0.2, -0.15) is 4.31 Å². The van der Waals surface area contributed by atoms with E-state index >= 15 is 0 Å². The number of carbonyl (C=O) groups is 1. The van der Waals surface area contributed by atoms with Crippen molar-refractivity contribution in [2.75, 3.05) is 13.1 Å². The number of sulfonamides is 1. The fourth-order valence-corrected chi connectivity index (χ4v) is 5.21. The van der Waals surface area contributed by atoms with Crippen LogP contribution in [0.1, 0.15) is 41.4 Å². The molecule has 1 N–H and O–H groups in total. The third-order valence-corrected chi connectivity index (χ3v) is 7.56. The minimum atomic E-state index is -3.57. The summed E-state index contributed by atoms with van der Waals surface area (Å²) >= 11 is 0. The summed E-state index contributed by atoms with van der Waals surface area (Å²) in [5, 5.41) is 3.45. The van der Waals surface area contributed by atoms with E-state index in [1.807, 2.05) is 6.07 Å². The molecule has 7 nitrogen and oxygen atoms in total. The van der Waals surface area contributed by atoms with E-state index in [-0.39, 0.29) is 16.6 Å². The van der Waals surface area contributed by atoms with Crippen LogP contribution in [0.15, 0.2) is 52.0 Å². The maximum Gasteiger partial charge on any atom is 0.287 e. The third-order valence-electron chi connectivity index (χ3n) is 5.67. The molecule has 30 heavy (non-hydrogen) atoms. The lowest BCUT2D eigenvalue weighted by atomic mass is 10.0. The zero-order chi connectivity index (χ0) is 21.3. The number of nitrogens with one attached hydrogen (secondary N) is 1. The molecule has 0 unspecified atom stereocenters. The van der Waals surface area contributed by atoms with Crippen molar-refractivity contribution < 1.29 is 17.6 Å². The van der Waals surface area contributed by atoms with E-state index in [0.29, 0.717) is 42.1 Å². The predicted molar refractivity (Wildman–Crippen MR) is 114 cm³/mol. The second-order valence-electron chi connectivity index (χ2n) is 7.84. The van der Waals surface area contributed by atoms with Crippen molar-refractivity contribution in [2.24, 2.45) is 5.92 Å². The molecule has 2 aromatic heterocycles. The third kappa shape index (κ3) is 3.97. The van der Waals surface area contributed by atoms with Gasteiger partial charge in [0, 0.05) is 43.0 Å². The summed E-state index contributed by atoms with van der Waals surface area (Å²) < 4.78 is 33.4. The smallest absolute Gasteiger partial charge is 0.287 e. The fourth-order valence-electron chi connectivity index (χ4n) is 3.72. The van der Waals surface area contributed by atoms with Gasteiger partial charge < -0.3 is 9.73 Å². The number of furan rings is 1. The lowest BCUT2D eigenvalue weighted by Gasteiger charge is -2.29. The van der Waals surface area contributed by atoms with Gasteiger partial charge in [0.25, 0.3) is 5.91 Å². The van der Waals surface area contributed by atoms with Crippen molar-refractivity contribution in [1.82, 2.24) is 14.6 Å². The van der Waals surface area contributed by atoms with Crippen LogP contribution in [0.2, 0.25) is 0 Å². The minimum Gasteiger partial charge on any atom is -0.451 e. The molecule has 0 saturated carbocycles. The summed E-state index contributed by atoms with van der Waals surface area (Å²) in [6, 6.07) is 8.46. The number of piperidine rings is 1. The van der Waals surface area contributed by atoms with Crippen LogP contribution in [0.4, 0.5) is 0 Å². The van der Waals surface area contributed by atoms with Gasteiger partial charge in [0.2, 0.25) is 10.0 Å². The molecule has 158 valence electrons. The van der Waals surface area contributed by atoms with Crippen LogP contribution >= 0.6 is 0 Å². The van der Waals surface area contributed by atoms with Crippen molar-refractivity contribution in [3.05, 3.63) is 59.6 Å². The number of amides is 1. The first-order valence-electron chi connectivity index (χ1n) is 10.1. The normalized spacial score (nSPS) is 16.1. The molecular weight excluding hydrogens is 402 g/mol. The number of pyridine rings is 1. The van der Waals surface area contributed by atoms with Gasteiger partial charge in [0.05, 0.1) is 4.90 Å². The number of benzene rings is 1. The molecule has 4 rings (SSSR count). The van der Waals surface area contributed by atoms with E-state index in [2.05, 4.69) is 17.2 Å². The SMILES string of the molecule is Cc1c(C(=O)NCc2cccnc2)oc2ccc(S(=O)(=O)N3CCC(C)CC3)cc12. The Morgan fingerprint density at radius 3 is 2.73 bits per heavy atom. The van der Waals surface area contributed by atoms with Gasteiger partial charge in [-0.1, -0.05) is 13.0 Å². The highest BCUT2D eigenvalue weighted by molar-refractivity contribution is 7.89. The monoisotopic (exact) mass is 427 g/mol. The average molecular weight is 428 g/mol. The average Bonchev–Trinajstić information content (AvgIpc) is 3.09. The van der Waals surface area contributed by atoms with Crippen LogP contribution < -0.4 is 5.32 Å². The summed E-state index contributed by atoms with van der Waals surface area (Å²) in [6.07, 6.45) is 5.09. The van der Waals surface area contributed by atoms with Crippen LogP contribution in [0.5, 0.6) is 0 Å². The molecular formula is C22H25N3O4S. The molecule has 0 aliphatic carbocycles. The van der Waals surface area contributed by atoms with E-state index in [4.69, 9.17) is 4.42 Å². The van der Waals surface area contributed by atoms with Crippen molar-refractivity contribution in [3.8, 4) is 0 Å². The maximum atomic E-state index is 13.1. The first kappa shape index (κ1) is 20.6. The summed E-state index contributed by atoms with van der Waals surface area (Å²) in [4.78, 5) is 16.9. The number of carbonyl (C=O) groups excluding carboxylic acids is 1. The van der Waals surface area contributed by atoms with Crippen molar-refractivity contribution in [1.29, 1.82) is 0 Å². The fraction of sp³-hybridized carbons (Fsp3) is 0.364. The van der Waals surface area contributed by atoms with E-state index in [1.54, 1.807) is 47.9 Å². The molecule has 1 aliphatic rings. The van der Waals surface area contributed by atoms with Gasteiger partial charge in [0.1, 0.15) is 5.58 Å². The number of hydrogen-bond donors (Lipinski definition) is 1. The molecule has 1 saturated heterocycles. The number of fused-ring (bicyclic) bond motifs is 1. The van der Waals surface area contributed by atoms with Crippen LogP contribution in [-0.2, 0) is 16.6 Å². The van der Waals surface area contributed by atoms with Gasteiger partial charge in [-0.05, 0) is 55.5 Å². The Bertz CT molecular complexity index is 1160. The second-order valence-corrected chi connectivity index (χ2v) is 9.78. The summed E-state index contributed by atoms with van der Waals surface area (Å²) in [5.41, 5.74) is 1.99. The Morgan fingerprint density at radius 1 is 1.27 bits per heavy atom. The van der Waals surface area contributed by atoms with E-state index < -0.39 is 10.0 Å². The van der Waals surface area contributed by atoms with Crippen LogP contribution in [-0.4, -0.2) is 36.7 Å². The number of rotatable bonds is 5. The Labute approximate surface area is 176 Å². The number of aryl methyl sites for hydroxylation is 1. The Hall–Kier alpha value is -2.71. The zero-order valence-electron chi connectivity index (χ0n) is 17.1. The summed E-state index contributed by atoms with van der Waals surface area (Å²) in [7, 11) is -3.57. The molecule has 1 aliphatic heterocycles. The van der Waals surface area contributed by atoms with Gasteiger partial charge in [-0.3, -0.25) is 9.78 Å². The lowest BCUT2D eigenvalue weighted by Crippen LogP contribution is -2.37. The van der Waals surface area contributed by atoms with Crippen molar-refractivity contribution >= 4 is 26.9 Å². The molecule has 0 radical (unpaired) electrons. The van der Waals surface area contributed by atoms with E-state index in [0.717, 1.165) is 18.4 Å². The molecule has 3 aromatic rings. The highest BCUT2D eigenvalue weighted by Gasteiger charge is 2.29. The van der Waals surface area contributed by atoms with Crippen molar-refractivity contribution in [3.63, 3.8) is 0 Å². The number of hydrogen-bond acceptors (Lipinski definition) is 5. The molecule has 0 bridgehead atoms. The number of aromatic nitrogens is 1. The first-order chi connectivity index (χ1) is 14.4. The molecule has 3 heterocycles. The van der Waals surface area contributed by atoms with Crippen LogP contribution in [0.25, 0.3) is 11.0 Å². The lowest BCUT2D eigenvalue weighted by molar-refractivity contribution is 0.0924. The van der Waals surface area contributed by atoms with Crippen LogP contribution in [0.3, 0.4) is 0 Å². The summed E-state index contributed by atoms with van der Waals surface area (Å²) in [6.45, 7) is 5.31. The highest BCUT2D eigenvalue weighted by atomic mass is 32.2. The Morgan fingerprint density at radius 2 is 2.03 bits per heavy atom. The topological polar surface area (TPSA) is 92.5 Å². The maximum absolute atomic E-state index is 13.1. The standard InChI is InChI=1S/C22H25N3O4S/c1-15-7-10-25(11-8-15)30(27,28)18-5-6-20-19(12-18)16(2)21(29-20)22(26)24-14-17-4-3-9-23-13-17/h3-6,9,12-13,15H,7-8,10-11,14H2,1-2H3,(H,24,26). The van der Waals surface area contributed by atoms with Crippen molar-refractivity contribution in [2.45, 2.75) is 38.1 Å². The molecule has 1 amide bonds. The molecule has 8 heteroatoms. The second kappa shape index (κ2) is 8.20. The minimum absolute atomic E-state index is 0.190. The van der Waals surface area contributed by atoms with E-state index in [1.165, 1.54) is 0 Å². The summed E-state index contributed by atoms with van der Waals surface area (Å²) in [5.74, 6) is 0.389. The van der Waals surface area contributed by atoms with Gasteiger partial charge in [-0.25, -0.2) is 8.42 Å². The van der Waals surface area contributed by atoms with Gasteiger partial charge in [-0.15, -0.1) is 0 Å². The predicted octanol–water partition coefficient (Wildman–Crippen LogP) is 3.49. The van der Waals surface area contributed by atoms with E-state index in [9.17, 15) is 13.2 Å². The zero-order valence-corrected chi connectivity index (χ0v) is 17.9. The van der Waals surface area contributed by atoms with Crippen LogP contribution in [0, 0.1) is 12.8 Å². The van der Waals surface area contributed by atoms with Gasteiger partial charge >= 0.3 is 0 Å². The molecule has 1 aromatic carbocycles. The molecule has 1 fully saturated rings. The number of nitrogens with zero attached hydrogens (tertiary/aromatic N) is 2. The highest BCUT2D eigenvalue weighted by Crippen LogP contribution is 2.30. The molecule has 0 spiro atoms. The van der Waals surface area contributed by atoms with Gasteiger partial charge in [0.15, 0.2) is 5.76 Å².